The van der Waals surface area contributed by atoms with Gasteiger partial charge in [-0.2, -0.15) is 10.1 Å². The number of fused-ring (bicyclic) bond motifs is 1. The van der Waals surface area contributed by atoms with Crippen LogP contribution in [0.1, 0.15) is 37.7 Å². The molecule has 1 unspecified atom stereocenters. The van der Waals surface area contributed by atoms with Crippen LogP contribution in [-0.2, 0) is 16.0 Å². The van der Waals surface area contributed by atoms with Crippen LogP contribution in [0.4, 0.5) is 11.6 Å². The molecule has 1 aliphatic heterocycles. The first-order chi connectivity index (χ1) is 11.4. The van der Waals surface area contributed by atoms with Crippen LogP contribution >= 0.6 is 0 Å². The molecule has 1 atom stereocenters. The number of amides is 2. The molecule has 0 fully saturated rings. The lowest BCUT2D eigenvalue weighted by Crippen LogP contribution is -2.36. The van der Waals surface area contributed by atoms with E-state index in [1.54, 1.807) is 0 Å². The van der Waals surface area contributed by atoms with Crippen LogP contribution in [-0.4, -0.2) is 26.6 Å². The van der Waals surface area contributed by atoms with Crippen LogP contribution in [0, 0.1) is 12.8 Å². The molecule has 0 radical (unpaired) electrons. The second-order valence-electron chi connectivity index (χ2n) is 6.52. The van der Waals surface area contributed by atoms with Crippen molar-refractivity contribution in [2.24, 2.45) is 5.92 Å². The summed E-state index contributed by atoms with van der Waals surface area (Å²) in [5.74, 6) is 0.872. The Hall–Kier alpha value is -2.70. The Bertz CT molecular complexity index is 764. The summed E-state index contributed by atoms with van der Waals surface area (Å²) in [6.07, 6.45) is 0.747. The van der Waals surface area contributed by atoms with Gasteiger partial charge in [0, 0.05) is 12.1 Å². The minimum atomic E-state index is -0.691. The minimum Gasteiger partial charge on any atom is -0.324 e. The standard InChI is InChI=1S/C17H21N5O2/c1-10(2)8-14-19-17-20-15(23)9-13(22(17)21-14)16(24)18-12-6-4-11(3)5-7-12/h4-7,10,13H,8-9H2,1-3H3,(H,18,24)(H,19,20,21,23). The smallest absolute Gasteiger partial charge is 0.249 e. The molecule has 1 aromatic heterocycles. The van der Waals surface area contributed by atoms with Crippen molar-refractivity contribution >= 4 is 23.5 Å². The van der Waals surface area contributed by atoms with Gasteiger partial charge in [0.1, 0.15) is 6.04 Å². The number of benzene rings is 1. The summed E-state index contributed by atoms with van der Waals surface area (Å²) in [5.41, 5.74) is 1.81. The molecule has 7 heteroatoms. The molecule has 0 spiro atoms. The second kappa shape index (κ2) is 6.43. The van der Waals surface area contributed by atoms with Gasteiger partial charge in [0.2, 0.25) is 17.8 Å². The maximum Gasteiger partial charge on any atom is 0.249 e. The van der Waals surface area contributed by atoms with Gasteiger partial charge in [0.05, 0.1) is 6.42 Å². The lowest BCUT2D eigenvalue weighted by Gasteiger charge is -2.22. The van der Waals surface area contributed by atoms with Crippen molar-refractivity contribution in [2.45, 2.75) is 39.7 Å². The molecule has 2 heterocycles. The first kappa shape index (κ1) is 16.2. The molecule has 1 aromatic carbocycles. The number of hydrogen-bond donors (Lipinski definition) is 2. The lowest BCUT2D eigenvalue weighted by molar-refractivity contribution is -0.125. The van der Waals surface area contributed by atoms with E-state index in [1.807, 2.05) is 31.2 Å². The van der Waals surface area contributed by atoms with Gasteiger partial charge in [-0.3, -0.25) is 14.9 Å². The first-order valence-corrected chi connectivity index (χ1v) is 8.05. The van der Waals surface area contributed by atoms with E-state index in [2.05, 4.69) is 34.6 Å². The summed E-state index contributed by atoms with van der Waals surface area (Å²) in [4.78, 5) is 28.8. The second-order valence-corrected chi connectivity index (χ2v) is 6.52. The zero-order valence-electron chi connectivity index (χ0n) is 14.0. The highest BCUT2D eigenvalue weighted by Crippen LogP contribution is 2.25. The van der Waals surface area contributed by atoms with Crippen molar-refractivity contribution in [2.75, 3.05) is 10.6 Å². The molecule has 0 bridgehead atoms. The first-order valence-electron chi connectivity index (χ1n) is 8.05. The third-order valence-electron chi connectivity index (χ3n) is 3.81. The number of nitrogens with zero attached hydrogens (tertiary/aromatic N) is 3. The number of anilines is 2. The molecule has 24 heavy (non-hydrogen) atoms. The molecular formula is C17H21N5O2. The van der Waals surface area contributed by atoms with Gasteiger partial charge in [0.15, 0.2) is 5.82 Å². The van der Waals surface area contributed by atoms with Crippen LogP contribution in [0.15, 0.2) is 24.3 Å². The van der Waals surface area contributed by atoms with Crippen molar-refractivity contribution in [3.63, 3.8) is 0 Å². The Morgan fingerprint density at radius 1 is 1.38 bits per heavy atom. The number of hydrogen-bond acceptors (Lipinski definition) is 4. The Kier molecular flexibility index (Phi) is 4.33. The number of nitrogens with one attached hydrogen (secondary N) is 2. The third-order valence-corrected chi connectivity index (χ3v) is 3.81. The molecule has 0 saturated carbocycles. The maximum atomic E-state index is 12.6. The third kappa shape index (κ3) is 3.45. The quantitative estimate of drug-likeness (QED) is 0.902. The molecule has 2 aromatic rings. The minimum absolute atomic E-state index is 0.0508. The molecule has 126 valence electrons. The van der Waals surface area contributed by atoms with E-state index >= 15 is 0 Å². The van der Waals surface area contributed by atoms with E-state index in [0.717, 1.165) is 5.56 Å². The normalized spacial score (nSPS) is 16.7. The zero-order chi connectivity index (χ0) is 17.3. The molecular weight excluding hydrogens is 306 g/mol. The highest BCUT2D eigenvalue weighted by atomic mass is 16.2. The molecule has 3 rings (SSSR count). The average Bonchev–Trinajstić information content (AvgIpc) is 2.89. The van der Waals surface area contributed by atoms with E-state index in [9.17, 15) is 9.59 Å². The summed E-state index contributed by atoms with van der Waals surface area (Å²) < 4.78 is 1.52. The largest absolute Gasteiger partial charge is 0.324 e. The van der Waals surface area contributed by atoms with Gasteiger partial charge in [-0.25, -0.2) is 4.68 Å². The fourth-order valence-electron chi connectivity index (χ4n) is 2.63. The molecule has 0 aliphatic carbocycles. The van der Waals surface area contributed by atoms with Gasteiger partial charge in [-0.1, -0.05) is 31.5 Å². The lowest BCUT2D eigenvalue weighted by atomic mass is 10.1. The van der Waals surface area contributed by atoms with E-state index < -0.39 is 6.04 Å². The molecule has 0 saturated heterocycles. The predicted molar refractivity (Wildman–Crippen MR) is 90.7 cm³/mol. The Morgan fingerprint density at radius 2 is 2.08 bits per heavy atom. The van der Waals surface area contributed by atoms with Gasteiger partial charge in [-0.15, -0.1) is 0 Å². The van der Waals surface area contributed by atoms with Crippen molar-refractivity contribution in [3.05, 3.63) is 35.7 Å². The van der Waals surface area contributed by atoms with Gasteiger partial charge >= 0.3 is 0 Å². The summed E-state index contributed by atoms with van der Waals surface area (Å²) >= 11 is 0. The van der Waals surface area contributed by atoms with Gasteiger partial charge < -0.3 is 5.32 Å². The van der Waals surface area contributed by atoms with Crippen LogP contribution in [0.25, 0.3) is 0 Å². The number of aryl methyl sites for hydroxylation is 1. The molecule has 7 nitrogen and oxygen atoms in total. The Balaban J connectivity index is 1.83. The van der Waals surface area contributed by atoms with Gasteiger partial charge in [0.25, 0.3) is 0 Å². The molecule has 2 amide bonds. The van der Waals surface area contributed by atoms with Crippen molar-refractivity contribution in [3.8, 4) is 0 Å². The van der Waals surface area contributed by atoms with Gasteiger partial charge in [-0.05, 0) is 25.0 Å². The number of carbonyl (C=O) groups is 2. The van der Waals surface area contributed by atoms with E-state index in [4.69, 9.17) is 0 Å². The topological polar surface area (TPSA) is 88.9 Å². The summed E-state index contributed by atoms with van der Waals surface area (Å²) in [6.45, 7) is 6.12. The van der Waals surface area contributed by atoms with Crippen molar-refractivity contribution in [1.82, 2.24) is 14.8 Å². The fourth-order valence-corrected chi connectivity index (χ4v) is 2.63. The number of rotatable bonds is 4. The van der Waals surface area contributed by atoms with Crippen LogP contribution < -0.4 is 10.6 Å². The zero-order valence-corrected chi connectivity index (χ0v) is 14.0. The van der Waals surface area contributed by atoms with Crippen molar-refractivity contribution < 1.29 is 9.59 Å². The summed E-state index contributed by atoms with van der Waals surface area (Å²) in [5, 5.41) is 9.94. The van der Waals surface area contributed by atoms with Crippen LogP contribution in [0.2, 0.25) is 0 Å². The average molecular weight is 327 g/mol. The van der Waals surface area contributed by atoms with E-state index in [0.29, 0.717) is 29.8 Å². The van der Waals surface area contributed by atoms with Crippen LogP contribution in [0.3, 0.4) is 0 Å². The van der Waals surface area contributed by atoms with E-state index in [-0.39, 0.29) is 18.2 Å². The monoisotopic (exact) mass is 327 g/mol. The highest BCUT2D eigenvalue weighted by molar-refractivity contribution is 6.00. The van der Waals surface area contributed by atoms with Crippen molar-refractivity contribution in [1.29, 1.82) is 0 Å². The SMILES string of the molecule is Cc1ccc(NC(=O)C2CC(=O)Nc3nc(CC(C)C)nn32)cc1. The predicted octanol–water partition coefficient (Wildman–Crippen LogP) is 2.31. The van der Waals surface area contributed by atoms with Crippen LogP contribution in [0.5, 0.6) is 0 Å². The summed E-state index contributed by atoms with van der Waals surface area (Å²) in [7, 11) is 0. The van der Waals surface area contributed by atoms with E-state index in [1.165, 1.54) is 4.68 Å². The molecule has 2 N–H and O–H groups in total. The Labute approximate surface area is 140 Å². The number of aromatic nitrogens is 3. The highest BCUT2D eigenvalue weighted by Gasteiger charge is 2.33. The maximum absolute atomic E-state index is 12.6. The molecule has 1 aliphatic rings. The number of carbonyl (C=O) groups excluding carboxylic acids is 2. The summed E-state index contributed by atoms with van der Waals surface area (Å²) in [6, 6.07) is 6.82. The fraction of sp³-hybridized carbons (Fsp3) is 0.412. The Morgan fingerprint density at radius 3 is 2.75 bits per heavy atom.